The first-order valence-corrected chi connectivity index (χ1v) is 27.8. The van der Waals surface area contributed by atoms with Crippen molar-refractivity contribution in [3.63, 3.8) is 0 Å². The van der Waals surface area contributed by atoms with E-state index in [-0.39, 0.29) is 55.5 Å². The Balaban J connectivity index is 2.12. The van der Waals surface area contributed by atoms with E-state index in [1.165, 1.54) is 70.8 Å². The molecule has 0 aliphatic carbocycles. The minimum atomic E-state index is -1.19. The van der Waals surface area contributed by atoms with Crippen LogP contribution in [0.4, 0.5) is 0 Å². The first-order chi connectivity index (χ1) is 35.6. The van der Waals surface area contributed by atoms with E-state index in [0.717, 1.165) is 0 Å². The predicted octanol–water partition coefficient (Wildman–Crippen LogP) is 5.46. The summed E-state index contributed by atoms with van der Waals surface area (Å²) < 4.78 is 23.2. The van der Waals surface area contributed by atoms with Gasteiger partial charge in [-0.15, -0.1) is 0 Å². The summed E-state index contributed by atoms with van der Waals surface area (Å²) >= 11 is 0. The van der Waals surface area contributed by atoms with Gasteiger partial charge in [0.1, 0.15) is 54.2 Å². The number of aliphatic hydroxyl groups excluding tert-OH is 1. The zero-order valence-electron chi connectivity index (χ0n) is 49.3. The second-order valence-electron chi connectivity index (χ2n) is 22.8. The average Bonchev–Trinajstić information content (AvgIpc) is 4.08. The van der Waals surface area contributed by atoms with E-state index in [4.69, 9.17) is 18.9 Å². The third kappa shape index (κ3) is 16.0. The van der Waals surface area contributed by atoms with Crippen LogP contribution in [0.5, 0.6) is 0 Å². The number of aliphatic hydroxyl groups is 1. The molecule has 0 radical (unpaired) electrons. The van der Waals surface area contributed by atoms with Crippen molar-refractivity contribution in [3.05, 3.63) is 23.5 Å². The first-order valence-electron chi connectivity index (χ1n) is 27.8. The monoisotopic (exact) mass is 1070 g/mol. The van der Waals surface area contributed by atoms with E-state index in [2.05, 4.69) is 0 Å². The van der Waals surface area contributed by atoms with Crippen LogP contribution in [0.3, 0.4) is 0 Å². The van der Waals surface area contributed by atoms with Gasteiger partial charge in [-0.05, 0) is 107 Å². The van der Waals surface area contributed by atoms with Gasteiger partial charge in [0, 0.05) is 54.5 Å². The van der Waals surface area contributed by atoms with Crippen molar-refractivity contribution in [1.82, 2.24) is 29.4 Å². The summed E-state index contributed by atoms with van der Waals surface area (Å²) in [5.74, 6) is -6.03. The zero-order valence-corrected chi connectivity index (χ0v) is 49.3. The number of hydrogen-bond donors (Lipinski definition) is 1. The molecule has 1 unspecified atom stereocenters. The molecule has 3 rings (SSSR count). The van der Waals surface area contributed by atoms with Crippen LogP contribution in [0.25, 0.3) is 0 Å². The summed E-state index contributed by atoms with van der Waals surface area (Å²) in [6, 6.07) is -6.11. The Morgan fingerprint density at radius 1 is 0.632 bits per heavy atom. The number of likely N-dealkylation sites (N-methyl/N-ethyl adjacent to an activating group) is 4. The number of nitrogens with zero attached hydrogens (tertiary/aromatic N) is 6. The van der Waals surface area contributed by atoms with Crippen molar-refractivity contribution in [1.29, 1.82) is 0 Å². The van der Waals surface area contributed by atoms with Crippen molar-refractivity contribution in [2.24, 2.45) is 35.5 Å². The van der Waals surface area contributed by atoms with E-state index in [1.807, 2.05) is 54.5 Å². The van der Waals surface area contributed by atoms with Crippen molar-refractivity contribution in [2.45, 2.75) is 195 Å². The maximum Gasteiger partial charge on any atom is 0.329 e. The topological polar surface area (TPSA) is 213 Å². The molecule has 3 heterocycles. The average molecular weight is 1070 g/mol. The van der Waals surface area contributed by atoms with Crippen LogP contribution < -0.4 is 0 Å². The van der Waals surface area contributed by atoms with Crippen LogP contribution in [0.15, 0.2) is 23.5 Å². The van der Waals surface area contributed by atoms with Gasteiger partial charge >= 0.3 is 11.9 Å². The molecule has 0 aromatic rings. The zero-order chi connectivity index (χ0) is 57.6. The second-order valence-corrected chi connectivity index (χ2v) is 22.8. The summed E-state index contributed by atoms with van der Waals surface area (Å²) in [7, 11) is 8.94. The maximum atomic E-state index is 14.8. The van der Waals surface area contributed by atoms with Gasteiger partial charge in [0.15, 0.2) is 0 Å². The van der Waals surface area contributed by atoms with Crippen LogP contribution in [0.2, 0.25) is 0 Å². The summed E-state index contributed by atoms with van der Waals surface area (Å²) in [5, 5.41) is 11.2. The highest BCUT2D eigenvalue weighted by Crippen LogP contribution is 2.30. The number of esters is 2. The van der Waals surface area contributed by atoms with Gasteiger partial charge in [-0.3, -0.25) is 33.6 Å². The van der Waals surface area contributed by atoms with E-state index in [9.17, 15) is 43.5 Å². The highest BCUT2D eigenvalue weighted by Gasteiger charge is 2.47. The molecular weight excluding hydrogens is 977 g/mol. The predicted molar refractivity (Wildman–Crippen MR) is 289 cm³/mol. The molecule has 0 aromatic carbocycles. The molecule has 76 heavy (non-hydrogen) atoms. The number of carbonyl (C=O) groups is 8. The smallest absolute Gasteiger partial charge is 0.329 e. The van der Waals surface area contributed by atoms with Gasteiger partial charge in [-0.1, -0.05) is 74.8 Å². The first kappa shape index (κ1) is 65.2. The number of rotatable bonds is 8. The molecule has 1 N–H and O–H groups in total. The van der Waals surface area contributed by atoms with Crippen LogP contribution in [0, 0.1) is 35.5 Å². The minimum absolute atomic E-state index is 0.0950. The Bertz CT molecular complexity index is 2080. The number of cyclic esters (lactones) is 2. The van der Waals surface area contributed by atoms with Gasteiger partial charge in [0.05, 0.1) is 25.7 Å². The lowest BCUT2D eigenvalue weighted by Gasteiger charge is -2.41. The Hall–Kier alpha value is -5.04. The molecule has 0 bridgehead atoms. The van der Waals surface area contributed by atoms with Gasteiger partial charge in [-0.25, -0.2) is 4.79 Å². The third-order valence-electron chi connectivity index (χ3n) is 16.3. The van der Waals surface area contributed by atoms with Crippen molar-refractivity contribution < 1.29 is 62.4 Å². The van der Waals surface area contributed by atoms with Gasteiger partial charge < -0.3 is 53.5 Å². The standard InChI is InChI=1S/C57H96N6O13/c1-19-36(8)50-54(69)61(16)48(34(4)5)53(68)58(13)43(32-73-17)52(67)62-29-21-23-41(62)51(66)60(15)49(35(6)7)55(70)63-30-22-24-42(63)57(72)76-45(33(2)3)26-20-25-44(64)39(11)56(71)75-40(12)37(9)27-28-38(10)46(74-18)31-47(65)59(50)14/h28,31,33-37,39-45,48-50,64H,19-27,29-30,32H2,1-18H3/t36?,37-,39-,40-,41+,42+,43+,44-,45+,48+,49+,50+/m1/s1. The van der Waals surface area contributed by atoms with E-state index < -0.39 is 114 Å². The van der Waals surface area contributed by atoms with Gasteiger partial charge in [0.25, 0.3) is 5.91 Å². The normalized spacial score (nSPS) is 30.5. The molecule has 3 aliphatic heterocycles. The number of fused-ring (bicyclic) bond motifs is 2. The maximum absolute atomic E-state index is 14.8. The summed E-state index contributed by atoms with van der Waals surface area (Å²) in [5.41, 5.74) is 0.638. The number of allylic oxidation sites excluding steroid dienone is 2. The Labute approximate surface area is 454 Å². The molecule has 2 fully saturated rings. The third-order valence-corrected chi connectivity index (χ3v) is 16.3. The molecule has 19 heteroatoms. The lowest BCUT2D eigenvalue weighted by Crippen LogP contribution is -2.62. The van der Waals surface area contributed by atoms with Gasteiger partial charge in [0.2, 0.25) is 29.5 Å². The van der Waals surface area contributed by atoms with Gasteiger partial charge in [-0.2, -0.15) is 0 Å². The molecule has 2 saturated heterocycles. The lowest BCUT2D eigenvalue weighted by atomic mass is 9.93. The summed E-state index contributed by atoms with van der Waals surface area (Å²) in [4.78, 5) is 124. The van der Waals surface area contributed by atoms with E-state index >= 15 is 0 Å². The molecule has 19 nitrogen and oxygen atoms in total. The van der Waals surface area contributed by atoms with Crippen LogP contribution in [-0.4, -0.2) is 199 Å². The molecule has 6 amide bonds. The number of ether oxygens (including phenoxy) is 4. The molecule has 0 spiro atoms. The Morgan fingerprint density at radius 2 is 1.17 bits per heavy atom. The number of methoxy groups -OCH3 is 2. The second kappa shape index (κ2) is 29.6. The fraction of sp³-hybridized carbons (Fsp3) is 0.789. The van der Waals surface area contributed by atoms with Crippen molar-refractivity contribution in [2.75, 3.05) is 62.1 Å². The molecule has 3 aliphatic rings. The summed E-state index contributed by atoms with van der Waals surface area (Å²) in [6.45, 7) is 22.3. The quantitative estimate of drug-likeness (QED) is 0.300. The van der Waals surface area contributed by atoms with Crippen LogP contribution >= 0.6 is 0 Å². The number of carbonyl (C=O) groups excluding carboxylic acids is 8. The van der Waals surface area contributed by atoms with Crippen LogP contribution in [-0.2, 0) is 57.3 Å². The summed E-state index contributed by atoms with van der Waals surface area (Å²) in [6.07, 6.45) is 4.91. The van der Waals surface area contributed by atoms with E-state index in [1.54, 1.807) is 41.7 Å². The highest BCUT2D eigenvalue weighted by atomic mass is 16.6. The largest absolute Gasteiger partial charge is 0.496 e. The molecule has 0 saturated carbocycles. The molecule has 0 aromatic heterocycles. The minimum Gasteiger partial charge on any atom is -0.496 e. The molecule has 432 valence electrons. The number of amides is 6. The lowest BCUT2D eigenvalue weighted by molar-refractivity contribution is -0.163. The number of hydrogen-bond acceptors (Lipinski definition) is 13. The van der Waals surface area contributed by atoms with Crippen molar-refractivity contribution >= 4 is 47.4 Å². The Kier molecular flexibility index (Phi) is 25.4. The fourth-order valence-corrected chi connectivity index (χ4v) is 10.8. The Morgan fingerprint density at radius 3 is 1.71 bits per heavy atom. The van der Waals surface area contributed by atoms with Crippen LogP contribution in [0.1, 0.15) is 141 Å². The molecular formula is C57H96N6O13. The fourth-order valence-electron chi connectivity index (χ4n) is 10.8. The van der Waals surface area contributed by atoms with E-state index in [0.29, 0.717) is 56.9 Å². The van der Waals surface area contributed by atoms with Crippen molar-refractivity contribution in [3.8, 4) is 0 Å². The molecule has 12 atom stereocenters. The highest BCUT2D eigenvalue weighted by molar-refractivity contribution is 5.98. The SMILES string of the molecule is CCC(C)[C@H]1C(=O)N(C)[C@@H](C(C)C)C(=O)N(C)[C@@H](COC)C(=O)N2CCC[C@H]2C(=O)N(C)[C@@H](C(C)C)C(=O)N2CCC[C@H]2C(=O)O[C@H](C(C)C)CCC[C@@H](O)[C@@H](C)C(=O)O[C@H](C)[C@H](C)CC=C(C)C(OC)=CC(=O)N1C.